The Morgan fingerprint density at radius 3 is 2.70 bits per heavy atom. The Kier molecular flexibility index (Phi) is 6.24. The summed E-state index contributed by atoms with van der Waals surface area (Å²) in [5.74, 6) is -0.814. The maximum atomic E-state index is 12.4. The minimum absolute atomic E-state index is 0.123. The van der Waals surface area contributed by atoms with E-state index < -0.39 is 5.97 Å². The third-order valence-corrected chi connectivity index (χ3v) is 3.98. The van der Waals surface area contributed by atoms with Gasteiger partial charge >= 0.3 is 5.97 Å². The predicted octanol–water partition coefficient (Wildman–Crippen LogP) is 2.12. The molecule has 23 heavy (non-hydrogen) atoms. The van der Waals surface area contributed by atoms with E-state index in [0.717, 1.165) is 5.56 Å². The number of amides is 1. The SMILES string of the molecule is Cc1cc(Cl)ccc1OCC(=O)N(CC(=O)O)C1CCOCC1. The zero-order chi connectivity index (χ0) is 16.8. The van der Waals surface area contributed by atoms with Crippen LogP contribution in [-0.2, 0) is 14.3 Å². The Morgan fingerprint density at radius 2 is 2.09 bits per heavy atom. The maximum absolute atomic E-state index is 12.4. The van der Waals surface area contributed by atoms with Crippen LogP contribution >= 0.6 is 11.6 Å². The van der Waals surface area contributed by atoms with Crippen molar-refractivity contribution < 1.29 is 24.2 Å². The van der Waals surface area contributed by atoms with Crippen molar-refractivity contribution in [2.75, 3.05) is 26.4 Å². The van der Waals surface area contributed by atoms with Crippen LogP contribution in [0.4, 0.5) is 0 Å². The van der Waals surface area contributed by atoms with E-state index in [4.69, 9.17) is 26.2 Å². The van der Waals surface area contributed by atoms with E-state index in [1.165, 1.54) is 4.90 Å². The van der Waals surface area contributed by atoms with Gasteiger partial charge in [0.15, 0.2) is 6.61 Å². The number of carbonyl (C=O) groups excluding carboxylic acids is 1. The van der Waals surface area contributed by atoms with Crippen LogP contribution in [0.3, 0.4) is 0 Å². The molecule has 2 rings (SSSR count). The average molecular weight is 342 g/mol. The Bertz CT molecular complexity index is 572. The molecule has 1 aromatic carbocycles. The molecule has 0 saturated carbocycles. The van der Waals surface area contributed by atoms with Crippen molar-refractivity contribution in [1.29, 1.82) is 0 Å². The molecule has 1 aliphatic rings. The fraction of sp³-hybridized carbons (Fsp3) is 0.500. The molecule has 1 aromatic rings. The zero-order valence-corrected chi connectivity index (χ0v) is 13.7. The van der Waals surface area contributed by atoms with Gasteiger partial charge in [-0.15, -0.1) is 0 Å². The van der Waals surface area contributed by atoms with Gasteiger partial charge in [-0.25, -0.2) is 0 Å². The van der Waals surface area contributed by atoms with Crippen LogP contribution < -0.4 is 4.74 Å². The van der Waals surface area contributed by atoms with Gasteiger partial charge in [-0.3, -0.25) is 9.59 Å². The summed E-state index contributed by atoms with van der Waals surface area (Å²) < 4.78 is 10.8. The summed E-state index contributed by atoms with van der Waals surface area (Å²) >= 11 is 5.88. The van der Waals surface area contributed by atoms with Crippen molar-refractivity contribution in [3.63, 3.8) is 0 Å². The molecule has 0 atom stereocenters. The van der Waals surface area contributed by atoms with Crippen molar-refractivity contribution in [2.24, 2.45) is 0 Å². The van der Waals surface area contributed by atoms with Crippen molar-refractivity contribution in [1.82, 2.24) is 4.90 Å². The van der Waals surface area contributed by atoms with Gasteiger partial charge in [-0.1, -0.05) is 11.6 Å². The van der Waals surface area contributed by atoms with Crippen LogP contribution in [0.15, 0.2) is 18.2 Å². The van der Waals surface area contributed by atoms with E-state index in [-0.39, 0.29) is 25.1 Å². The average Bonchev–Trinajstić information content (AvgIpc) is 2.52. The minimum Gasteiger partial charge on any atom is -0.483 e. The second-order valence-electron chi connectivity index (χ2n) is 5.46. The van der Waals surface area contributed by atoms with Crippen molar-refractivity contribution in [3.05, 3.63) is 28.8 Å². The van der Waals surface area contributed by atoms with Crippen molar-refractivity contribution >= 4 is 23.5 Å². The number of aryl methyl sites for hydroxylation is 1. The lowest BCUT2D eigenvalue weighted by molar-refractivity contribution is -0.148. The lowest BCUT2D eigenvalue weighted by Gasteiger charge is -2.33. The van der Waals surface area contributed by atoms with Crippen molar-refractivity contribution in [3.8, 4) is 5.75 Å². The van der Waals surface area contributed by atoms with Gasteiger partial charge < -0.3 is 19.5 Å². The minimum atomic E-state index is -1.03. The molecular formula is C16H20ClNO5. The maximum Gasteiger partial charge on any atom is 0.323 e. The van der Waals surface area contributed by atoms with Gasteiger partial charge in [-0.2, -0.15) is 0 Å². The fourth-order valence-corrected chi connectivity index (χ4v) is 2.79. The highest BCUT2D eigenvalue weighted by atomic mass is 35.5. The number of halogens is 1. The number of hydrogen-bond donors (Lipinski definition) is 1. The summed E-state index contributed by atoms with van der Waals surface area (Å²) in [5.41, 5.74) is 0.821. The quantitative estimate of drug-likeness (QED) is 0.857. The van der Waals surface area contributed by atoms with Gasteiger partial charge in [0, 0.05) is 24.3 Å². The van der Waals surface area contributed by atoms with E-state index >= 15 is 0 Å². The van der Waals surface area contributed by atoms with Crippen LogP contribution in [0.1, 0.15) is 18.4 Å². The van der Waals surface area contributed by atoms with E-state index in [9.17, 15) is 9.59 Å². The second kappa shape index (κ2) is 8.17. The van der Waals surface area contributed by atoms with Crippen LogP contribution in [0.5, 0.6) is 5.75 Å². The number of carboxylic acids is 1. The molecule has 0 spiro atoms. The van der Waals surface area contributed by atoms with Crippen LogP contribution in [-0.4, -0.2) is 54.3 Å². The lowest BCUT2D eigenvalue weighted by Crippen LogP contribution is -2.47. The molecule has 0 bridgehead atoms. The smallest absolute Gasteiger partial charge is 0.323 e. The molecule has 0 unspecified atom stereocenters. The summed E-state index contributed by atoms with van der Waals surface area (Å²) in [6.07, 6.45) is 1.28. The third-order valence-electron chi connectivity index (χ3n) is 3.75. The van der Waals surface area contributed by atoms with Gasteiger partial charge in [0.2, 0.25) is 0 Å². The summed E-state index contributed by atoms with van der Waals surface area (Å²) in [7, 11) is 0. The molecule has 1 heterocycles. The standard InChI is InChI=1S/C16H20ClNO5/c1-11-8-12(17)2-3-14(11)23-10-15(19)18(9-16(20)21)13-4-6-22-7-5-13/h2-3,8,13H,4-7,9-10H2,1H3,(H,20,21). The molecule has 7 heteroatoms. The second-order valence-corrected chi connectivity index (χ2v) is 5.89. The van der Waals surface area contributed by atoms with Crippen LogP contribution in [0.25, 0.3) is 0 Å². The van der Waals surface area contributed by atoms with E-state index in [0.29, 0.717) is 36.8 Å². The first kappa shape index (κ1) is 17.6. The number of aliphatic carboxylic acids is 1. The van der Waals surface area contributed by atoms with Gasteiger partial charge in [0.25, 0.3) is 5.91 Å². The monoisotopic (exact) mass is 341 g/mol. The van der Waals surface area contributed by atoms with Gasteiger partial charge in [-0.05, 0) is 43.5 Å². The molecule has 1 aliphatic heterocycles. The fourth-order valence-electron chi connectivity index (χ4n) is 2.56. The highest BCUT2D eigenvalue weighted by molar-refractivity contribution is 6.30. The predicted molar refractivity (Wildman–Crippen MR) is 84.9 cm³/mol. The van der Waals surface area contributed by atoms with E-state index in [2.05, 4.69) is 0 Å². The number of ether oxygens (including phenoxy) is 2. The Balaban J connectivity index is 2.00. The number of benzene rings is 1. The molecule has 0 aromatic heterocycles. The Morgan fingerprint density at radius 1 is 1.39 bits per heavy atom. The molecule has 1 N–H and O–H groups in total. The highest BCUT2D eigenvalue weighted by Gasteiger charge is 2.27. The van der Waals surface area contributed by atoms with Gasteiger partial charge in [0.1, 0.15) is 12.3 Å². The summed E-state index contributed by atoms with van der Waals surface area (Å²) in [6.45, 7) is 2.37. The lowest BCUT2D eigenvalue weighted by atomic mass is 10.1. The van der Waals surface area contributed by atoms with Crippen LogP contribution in [0, 0.1) is 6.92 Å². The molecule has 1 saturated heterocycles. The number of nitrogens with zero attached hydrogens (tertiary/aromatic N) is 1. The van der Waals surface area contributed by atoms with Crippen molar-refractivity contribution in [2.45, 2.75) is 25.8 Å². The molecule has 6 nitrogen and oxygen atoms in total. The number of rotatable bonds is 6. The molecule has 1 fully saturated rings. The van der Waals surface area contributed by atoms with E-state index in [1.54, 1.807) is 18.2 Å². The molecule has 126 valence electrons. The molecule has 0 radical (unpaired) electrons. The first-order chi connectivity index (χ1) is 11.0. The molecule has 1 amide bonds. The third kappa shape index (κ3) is 5.11. The van der Waals surface area contributed by atoms with Crippen LogP contribution in [0.2, 0.25) is 5.02 Å². The zero-order valence-electron chi connectivity index (χ0n) is 13.0. The molecule has 0 aliphatic carbocycles. The highest BCUT2D eigenvalue weighted by Crippen LogP contribution is 2.22. The van der Waals surface area contributed by atoms with E-state index in [1.807, 2.05) is 6.92 Å². The van der Waals surface area contributed by atoms with Gasteiger partial charge in [0.05, 0.1) is 0 Å². The largest absolute Gasteiger partial charge is 0.483 e. The Labute approximate surface area is 139 Å². The summed E-state index contributed by atoms with van der Waals surface area (Å²) in [4.78, 5) is 24.8. The Hall–Kier alpha value is -1.79. The summed E-state index contributed by atoms with van der Waals surface area (Å²) in [5, 5.41) is 9.64. The first-order valence-electron chi connectivity index (χ1n) is 7.45. The number of carbonyl (C=O) groups is 2. The normalized spacial score (nSPS) is 15.2. The first-order valence-corrected chi connectivity index (χ1v) is 7.83. The number of hydrogen-bond acceptors (Lipinski definition) is 4. The number of carboxylic acid groups (broad SMARTS) is 1. The molecular weight excluding hydrogens is 322 g/mol. The summed E-state index contributed by atoms with van der Waals surface area (Å²) in [6, 6.07) is 5.00. The topological polar surface area (TPSA) is 76.1 Å².